The van der Waals surface area contributed by atoms with E-state index in [0.29, 0.717) is 6.42 Å². The second-order valence-electron chi connectivity index (χ2n) is 1.74. The minimum atomic E-state index is -1.91. The summed E-state index contributed by atoms with van der Waals surface area (Å²) in [6.45, 7) is 2.77. The van der Waals surface area contributed by atoms with E-state index in [1.807, 2.05) is 0 Å². The Balaban J connectivity index is 3.37. The molecule has 0 bridgehead atoms. The van der Waals surface area contributed by atoms with Crippen LogP contribution in [-0.2, 0) is 0 Å². The maximum atomic E-state index is 8.59. The van der Waals surface area contributed by atoms with Crippen LogP contribution < -0.4 is 0 Å². The third-order valence-corrected chi connectivity index (χ3v) is 0.830. The molecule has 0 atom stereocenters. The lowest BCUT2D eigenvalue weighted by Crippen LogP contribution is -2.32. The van der Waals surface area contributed by atoms with Gasteiger partial charge < -0.3 is 15.3 Å². The average molecular weight is 119 g/mol. The lowest BCUT2D eigenvalue weighted by atomic mass is 10.2. The van der Waals surface area contributed by atoms with Gasteiger partial charge in [0.1, 0.15) is 0 Å². The van der Waals surface area contributed by atoms with E-state index in [1.54, 1.807) is 0 Å². The highest BCUT2D eigenvalue weighted by atomic mass is 16.5. The highest BCUT2D eigenvalue weighted by molar-refractivity contribution is 4.61. The normalized spacial score (nSPS) is 12.0. The molecule has 0 aliphatic rings. The molecule has 0 aromatic rings. The van der Waals surface area contributed by atoms with E-state index in [1.165, 1.54) is 0 Å². The standard InChI is InChI=1S/C5H11O3/c1-2-3-5(7,8)4-6/h6-8H,1-4H2. The zero-order valence-corrected chi connectivity index (χ0v) is 4.67. The molecule has 0 heterocycles. The predicted octanol–water partition coefficient (Wildman–Crippen LogP) is -0.726. The predicted molar refractivity (Wildman–Crippen MR) is 28.8 cm³/mol. The molecule has 49 valence electrons. The molecule has 3 heteroatoms. The number of aliphatic hydroxyl groups is 3. The zero-order chi connectivity index (χ0) is 6.62. The minimum Gasteiger partial charge on any atom is -0.391 e. The van der Waals surface area contributed by atoms with Gasteiger partial charge in [0, 0.05) is 6.42 Å². The van der Waals surface area contributed by atoms with Crippen LogP contribution in [0.25, 0.3) is 0 Å². The molecule has 0 saturated heterocycles. The van der Waals surface area contributed by atoms with Gasteiger partial charge in [0.05, 0.1) is 6.61 Å². The summed E-state index contributed by atoms with van der Waals surface area (Å²) in [4.78, 5) is 0. The molecule has 0 aliphatic heterocycles. The Morgan fingerprint density at radius 1 is 1.38 bits per heavy atom. The fourth-order valence-electron chi connectivity index (χ4n) is 0.362. The van der Waals surface area contributed by atoms with Crippen LogP contribution in [0.1, 0.15) is 12.8 Å². The molecule has 0 aromatic carbocycles. The van der Waals surface area contributed by atoms with E-state index in [2.05, 4.69) is 6.92 Å². The molecular weight excluding hydrogens is 108 g/mol. The first-order valence-corrected chi connectivity index (χ1v) is 2.47. The van der Waals surface area contributed by atoms with Gasteiger partial charge in [-0.15, -0.1) is 0 Å². The van der Waals surface area contributed by atoms with Crippen molar-refractivity contribution >= 4 is 0 Å². The summed E-state index contributed by atoms with van der Waals surface area (Å²) in [5.41, 5.74) is 0. The van der Waals surface area contributed by atoms with Crippen molar-refractivity contribution < 1.29 is 15.3 Å². The number of hydrogen-bond acceptors (Lipinski definition) is 3. The van der Waals surface area contributed by atoms with Crippen LogP contribution in [0.2, 0.25) is 0 Å². The Morgan fingerprint density at radius 2 is 1.88 bits per heavy atom. The maximum absolute atomic E-state index is 8.59. The Kier molecular flexibility index (Phi) is 2.97. The van der Waals surface area contributed by atoms with Crippen molar-refractivity contribution in [3.63, 3.8) is 0 Å². The van der Waals surface area contributed by atoms with Crippen molar-refractivity contribution in [2.75, 3.05) is 6.61 Å². The van der Waals surface area contributed by atoms with E-state index in [9.17, 15) is 0 Å². The molecule has 0 unspecified atom stereocenters. The number of aliphatic hydroxyl groups excluding tert-OH is 1. The smallest absolute Gasteiger partial charge is 0.186 e. The average Bonchev–Trinajstić information content (AvgIpc) is 1.67. The van der Waals surface area contributed by atoms with E-state index in [-0.39, 0.29) is 6.42 Å². The quantitative estimate of drug-likeness (QED) is 0.429. The van der Waals surface area contributed by atoms with E-state index >= 15 is 0 Å². The SMILES string of the molecule is [CH2]CCC(O)(O)CO. The number of hydrogen-bond donors (Lipinski definition) is 3. The van der Waals surface area contributed by atoms with Crippen LogP contribution in [0.4, 0.5) is 0 Å². The lowest BCUT2D eigenvalue weighted by Gasteiger charge is -2.16. The highest BCUT2D eigenvalue weighted by Gasteiger charge is 2.18. The topological polar surface area (TPSA) is 60.7 Å². The molecule has 3 N–H and O–H groups in total. The third-order valence-electron chi connectivity index (χ3n) is 0.830. The molecule has 0 aliphatic carbocycles. The summed E-state index contributed by atoms with van der Waals surface area (Å²) in [5.74, 6) is -1.91. The molecule has 8 heavy (non-hydrogen) atoms. The van der Waals surface area contributed by atoms with Gasteiger partial charge in [-0.2, -0.15) is 0 Å². The second kappa shape index (κ2) is 3.02. The second-order valence-corrected chi connectivity index (χ2v) is 1.74. The molecule has 0 saturated carbocycles. The monoisotopic (exact) mass is 119 g/mol. The Hall–Kier alpha value is -0.120. The summed E-state index contributed by atoms with van der Waals surface area (Å²) in [5, 5.41) is 25.4. The minimum absolute atomic E-state index is 0.115. The van der Waals surface area contributed by atoms with Crippen molar-refractivity contribution in [1.29, 1.82) is 0 Å². The molecule has 0 rings (SSSR count). The van der Waals surface area contributed by atoms with Gasteiger partial charge in [0.15, 0.2) is 5.79 Å². The Labute approximate surface area is 48.6 Å². The van der Waals surface area contributed by atoms with Crippen LogP contribution in [0.5, 0.6) is 0 Å². The summed E-state index contributed by atoms with van der Waals surface area (Å²) in [7, 11) is 0. The number of rotatable bonds is 3. The van der Waals surface area contributed by atoms with E-state index in [4.69, 9.17) is 15.3 Å². The van der Waals surface area contributed by atoms with Gasteiger partial charge >= 0.3 is 0 Å². The van der Waals surface area contributed by atoms with Crippen molar-refractivity contribution in [2.24, 2.45) is 0 Å². The lowest BCUT2D eigenvalue weighted by molar-refractivity contribution is -0.189. The first-order chi connectivity index (χ1) is 3.62. The van der Waals surface area contributed by atoms with Gasteiger partial charge in [-0.25, -0.2) is 0 Å². The van der Waals surface area contributed by atoms with Gasteiger partial charge in [-0.3, -0.25) is 0 Å². The van der Waals surface area contributed by atoms with Gasteiger partial charge in [-0.05, 0) is 6.42 Å². The molecular formula is C5H11O3. The van der Waals surface area contributed by atoms with Crippen LogP contribution in [0.3, 0.4) is 0 Å². The fraction of sp³-hybridized carbons (Fsp3) is 0.800. The molecule has 0 aromatic heterocycles. The largest absolute Gasteiger partial charge is 0.391 e. The van der Waals surface area contributed by atoms with Gasteiger partial charge in [-0.1, -0.05) is 6.92 Å². The van der Waals surface area contributed by atoms with E-state index < -0.39 is 12.4 Å². The van der Waals surface area contributed by atoms with Crippen LogP contribution in [0.15, 0.2) is 0 Å². The van der Waals surface area contributed by atoms with Crippen LogP contribution in [-0.4, -0.2) is 27.7 Å². The van der Waals surface area contributed by atoms with Crippen molar-refractivity contribution in [1.82, 2.24) is 0 Å². The van der Waals surface area contributed by atoms with Crippen molar-refractivity contribution in [3.05, 3.63) is 6.92 Å². The van der Waals surface area contributed by atoms with Gasteiger partial charge in [0.25, 0.3) is 0 Å². The summed E-state index contributed by atoms with van der Waals surface area (Å²) in [6, 6.07) is 0. The fourth-order valence-corrected chi connectivity index (χ4v) is 0.362. The van der Waals surface area contributed by atoms with Crippen molar-refractivity contribution in [2.45, 2.75) is 18.6 Å². The van der Waals surface area contributed by atoms with E-state index in [0.717, 1.165) is 0 Å². The van der Waals surface area contributed by atoms with Crippen LogP contribution in [0, 0.1) is 6.92 Å². The summed E-state index contributed by atoms with van der Waals surface area (Å²) < 4.78 is 0. The van der Waals surface area contributed by atoms with Gasteiger partial charge in [0.2, 0.25) is 0 Å². The Bertz CT molecular complexity index is 60.7. The zero-order valence-electron chi connectivity index (χ0n) is 4.67. The molecule has 0 spiro atoms. The first kappa shape index (κ1) is 7.88. The third kappa shape index (κ3) is 2.96. The molecule has 0 fully saturated rings. The van der Waals surface area contributed by atoms with Crippen molar-refractivity contribution in [3.8, 4) is 0 Å². The maximum Gasteiger partial charge on any atom is 0.186 e. The molecule has 3 nitrogen and oxygen atoms in total. The first-order valence-electron chi connectivity index (χ1n) is 2.47. The Morgan fingerprint density at radius 3 is 2.00 bits per heavy atom. The molecule has 0 amide bonds. The molecule has 1 radical (unpaired) electrons. The highest BCUT2D eigenvalue weighted by Crippen LogP contribution is 2.05. The summed E-state index contributed by atoms with van der Waals surface area (Å²) in [6.07, 6.45) is 0.525. The van der Waals surface area contributed by atoms with Crippen LogP contribution >= 0.6 is 0 Å². The summed E-state index contributed by atoms with van der Waals surface area (Å²) >= 11 is 0.